The fraction of sp³-hybridized carbons (Fsp3) is 1.00. The van der Waals surface area contributed by atoms with Crippen molar-refractivity contribution in [3.05, 3.63) is 0 Å². The predicted octanol–water partition coefficient (Wildman–Crippen LogP) is 4.47. The molecule has 2 nitrogen and oxygen atoms in total. The van der Waals surface area contributed by atoms with Crippen molar-refractivity contribution in [2.75, 3.05) is 19.0 Å². The van der Waals surface area contributed by atoms with Crippen LogP contribution < -0.4 is 0 Å². The van der Waals surface area contributed by atoms with Crippen molar-refractivity contribution in [1.29, 1.82) is 0 Å². The monoisotopic (exact) mass is 337 g/mol. The van der Waals surface area contributed by atoms with E-state index in [-0.39, 0.29) is 0 Å². The summed E-state index contributed by atoms with van der Waals surface area (Å²) in [6.07, 6.45) is 0. The Hall–Kier alpha value is 0.921. The molecule has 0 bridgehead atoms. The van der Waals surface area contributed by atoms with Gasteiger partial charge in [0.25, 0.3) is 0 Å². The van der Waals surface area contributed by atoms with Gasteiger partial charge in [-0.05, 0) is 19.6 Å². The highest BCUT2D eigenvalue weighted by Gasteiger charge is 2.35. The van der Waals surface area contributed by atoms with Gasteiger partial charge in [0.1, 0.15) is 16.5 Å². The highest BCUT2D eigenvalue weighted by Crippen LogP contribution is 2.24. The van der Waals surface area contributed by atoms with Gasteiger partial charge in [-0.3, -0.25) is 0 Å². The summed E-state index contributed by atoms with van der Waals surface area (Å²) < 4.78 is 8.54. The first-order valence-corrected chi connectivity index (χ1v) is 18.3. The third-order valence-corrected chi connectivity index (χ3v) is 16.2. The second-order valence-electron chi connectivity index (χ2n) is 8.04. The standard InChI is InChI=1S/C13H35NOSSi3/c1-13(16-12-19(9,10)15-2)11-14(17(3,4)5)18(6,7)8/h13H,11-12H2,1-10H3. The molecule has 1 unspecified atom stereocenters. The van der Waals surface area contributed by atoms with Crippen molar-refractivity contribution in [1.82, 2.24) is 4.23 Å². The molecule has 0 aliphatic rings. The van der Waals surface area contributed by atoms with Gasteiger partial charge in [0.2, 0.25) is 0 Å². The van der Waals surface area contributed by atoms with Crippen molar-refractivity contribution in [2.45, 2.75) is 64.5 Å². The normalized spacial score (nSPS) is 15.9. The van der Waals surface area contributed by atoms with Gasteiger partial charge in [-0.25, -0.2) is 0 Å². The Morgan fingerprint density at radius 1 is 0.947 bits per heavy atom. The molecule has 0 heterocycles. The summed E-state index contributed by atoms with van der Waals surface area (Å²) in [5, 5.41) is 1.91. The third-order valence-electron chi connectivity index (χ3n) is 3.33. The molecule has 6 heteroatoms. The maximum atomic E-state index is 5.65. The van der Waals surface area contributed by atoms with Crippen LogP contribution in [0.3, 0.4) is 0 Å². The summed E-state index contributed by atoms with van der Waals surface area (Å²) in [7, 11) is -1.96. The van der Waals surface area contributed by atoms with E-state index >= 15 is 0 Å². The second-order valence-corrected chi connectivity index (χ2v) is 24.5. The minimum absolute atomic E-state index is 0.709. The summed E-state index contributed by atoms with van der Waals surface area (Å²) in [4.78, 5) is 0. The van der Waals surface area contributed by atoms with E-state index in [9.17, 15) is 0 Å². The van der Waals surface area contributed by atoms with Crippen molar-refractivity contribution in [3.63, 3.8) is 0 Å². The molecule has 0 aliphatic carbocycles. The molecule has 0 spiro atoms. The van der Waals surface area contributed by atoms with Crippen LogP contribution in [0.5, 0.6) is 0 Å². The molecule has 116 valence electrons. The number of nitrogens with zero attached hydrogens (tertiary/aromatic N) is 1. The number of rotatable bonds is 8. The highest BCUT2D eigenvalue weighted by atomic mass is 32.2. The van der Waals surface area contributed by atoms with E-state index in [2.05, 4.69) is 75.3 Å². The van der Waals surface area contributed by atoms with Gasteiger partial charge in [-0.1, -0.05) is 46.2 Å². The lowest BCUT2D eigenvalue weighted by Crippen LogP contribution is -2.60. The summed E-state index contributed by atoms with van der Waals surface area (Å²) in [5.41, 5.74) is 0. The van der Waals surface area contributed by atoms with Gasteiger partial charge >= 0.3 is 0 Å². The maximum absolute atomic E-state index is 5.65. The van der Waals surface area contributed by atoms with Gasteiger partial charge in [0.05, 0.1) is 0 Å². The summed E-state index contributed by atoms with van der Waals surface area (Å²) in [5.74, 6) is 0. The molecule has 0 radical (unpaired) electrons. The Morgan fingerprint density at radius 3 is 1.68 bits per heavy atom. The first-order valence-electron chi connectivity index (χ1n) is 7.24. The summed E-state index contributed by atoms with van der Waals surface area (Å²) in [6, 6.07) is 0. The fourth-order valence-corrected chi connectivity index (χ4v) is 15.7. The van der Waals surface area contributed by atoms with Crippen LogP contribution >= 0.6 is 11.8 Å². The zero-order chi connectivity index (χ0) is 15.5. The molecule has 0 saturated heterocycles. The van der Waals surface area contributed by atoms with Crippen LogP contribution in [-0.4, -0.2) is 53.3 Å². The van der Waals surface area contributed by atoms with E-state index in [1.54, 1.807) is 0 Å². The molecule has 0 aromatic carbocycles. The largest absolute Gasteiger partial charge is 0.420 e. The molecule has 0 aliphatic heterocycles. The first kappa shape index (κ1) is 19.9. The smallest absolute Gasteiger partial charge is 0.195 e. The van der Waals surface area contributed by atoms with Gasteiger partial charge in [-0.15, -0.1) is 0 Å². The summed E-state index contributed by atoms with van der Waals surface area (Å²) in [6.45, 7) is 23.2. The zero-order valence-electron chi connectivity index (χ0n) is 14.8. The minimum Gasteiger partial charge on any atom is -0.420 e. The van der Waals surface area contributed by atoms with E-state index < -0.39 is 24.8 Å². The predicted molar refractivity (Wildman–Crippen MR) is 99.8 cm³/mol. The molecule has 0 saturated carbocycles. The summed E-state index contributed by atoms with van der Waals surface area (Å²) >= 11 is 2.11. The number of hydrogen-bond acceptors (Lipinski definition) is 3. The second kappa shape index (κ2) is 7.26. The average Bonchev–Trinajstić information content (AvgIpc) is 2.20. The Kier molecular flexibility index (Phi) is 7.62. The van der Waals surface area contributed by atoms with Gasteiger partial charge in [0.15, 0.2) is 8.32 Å². The highest BCUT2D eigenvalue weighted by molar-refractivity contribution is 8.01. The molecule has 0 N–H and O–H groups in total. The SMILES string of the molecule is CO[Si](C)(C)CSC(C)CN([Si](C)(C)C)[Si](C)(C)C. The third kappa shape index (κ3) is 8.06. The first-order chi connectivity index (χ1) is 8.29. The lowest BCUT2D eigenvalue weighted by atomic mass is 10.5. The molecule has 1 atom stereocenters. The van der Waals surface area contributed by atoms with E-state index in [1.807, 2.05) is 7.11 Å². The van der Waals surface area contributed by atoms with Crippen LogP contribution in [0.2, 0.25) is 52.4 Å². The van der Waals surface area contributed by atoms with Crippen LogP contribution in [0.25, 0.3) is 0 Å². The van der Waals surface area contributed by atoms with Crippen LogP contribution in [0.15, 0.2) is 0 Å². The molecule has 0 rings (SSSR count). The lowest BCUT2D eigenvalue weighted by Gasteiger charge is -2.45. The van der Waals surface area contributed by atoms with E-state index in [4.69, 9.17) is 4.43 Å². The number of hydrogen-bond donors (Lipinski definition) is 0. The molecule has 0 aromatic rings. The van der Waals surface area contributed by atoms with Gasteiger partial charge < -0.3 is 8.66 Å². The van der Waals surface area contributed by atoms with Gasteiger partial charge in [-0.2, -0.15) is 11.8 Å². The van der Waals surface area contributed by atoms with Crippen molar-refractivity contribution >= 4 is 36.6 Å². The average molecular weight is 338 g/mol. The van der Waals surface area contributed by atoms with Crippen molar-refractivity contribution in [3.8, 4) is 0 Å². The van der Waals surface area contributed by atoms with E-state index in [0.29, 0.717) is 5.25 Å². The molecule has 19 heavy (non-hydrogen) atoms. The van der Waals surface area contributed by atoms with Crippen LogP contribution in [-0.2, 0) is 4.43 Å². The molecular weight excluding hydrogens is 302 g/mol. The minimum atomic E-state index is -1.42. The van der Waals surface area contributed by atoms with Crippen molar-refractivity contribution < 1.29 is 4.43 Å². The van der Waals surface area contributed by atoms with Crippen molar-refractivity contribution in [2.24, 2.45) is 0 Å². The van der Waals surface area contributed by atoms with Crippen LogP contribution in [0, 0.1) is 0 Å². The van der Waals surface area contributed by atoms with Crippen LogP contribution in [0.1, 0.15) is 6.92 Å². The number of thioether (sulfide) groups is 1. The maximum Gasteiger partial charge on any atom is 0.195 e. The van der Waals surface area contributed by atoms with E-state index in [1.165, 1.54) is 11.9 Å². The Labute approximate surface area is 129 Å². The fourth-order valence-electron chi connectivity index (χ4n) is 2.27. The lowest BCUT2D eigenvalue weighted by molar-refractivity contribution is 0.410. The zero-order valence-corrected chi connectivity index (χ0v) is 18.6. The van der Waals surface area contributed by atoms with Gasteiger partial charge in [0, 0.05) is 17.7 Å². The Morgan fingerprint density at radius 2 is 1.37 bits per heavy atom. The molecule has 0 amide bonds. The van der Waals surface area contributed by atoms with Crippen LogP contribution in [0.4, 0.5) is 0 Å². The molecule has 0 fully saturated rings. The Balaban J connectivity index is 4.54. The molecule has 0 aromatic heterocycles. The van der Waals surface area contributed by atoms with E-state index in [0.717, 1.165) is 0 Å². The topological polar surface area (TPSA) is 12.5 Å². The quantitative estimate of drug-likeness (QED) is 0.606. The molecular formula is C13H35NOSSi3. The Bertz CT molecular complexity index is 260.